The summed E-state index contributed by atoms with van der Waals surface area (Å²) >= 11 is 0. The van der Waals surface area contributed by atoms with Crippen LogP contribution in [0, 0.1) is 0 Å². The van der Waals surface area contributed by atoms with Gasteiger partial charge in [0, 0.05) is 30.7 Å². The summed E-state index contributed by atoms with van der Waals surface area (Å²) in [5.74, 6) is -0.713. The minimum atomic E-state index is -0.416. The van der Waals surface area contributed by atoms with Gasteiger partial charge < -0.3 is 15.0 Å². The van der Waals surface area contributed by atoms with Gasteiger partial charge in [-0.15, -0.1) is 0 Å². The van der Waals surface area contributed by atoms with Gasteiger partial charge in [0.1, 0.15) is 5.69 Å². The van der Waals surface area contributed by atoms with Crippen LogP contribution < -0.4 is 10.2 Å². The van der Waals surface area contributed by atoms with Crippen molar-refractivity contribution in [2.45, 2.75) is 13.0 Å². The number of ether oxygens (including phenoxy) is 1. The third-order valence-corrected chi connectivity index (χ3v) is 5.04. The third-order valence-electron chi connectivity index (χ3n) is 5.04. The normalized spacial score (nSPS) is 12.8. The number of rotatable bonds is 4. The van der Waals surface area contributed by atoms with Crippen LogP contribution >= 0.6 is 0 Å². The lowest BCUT2D eigenvalue weighted by molar-refractivity contribution is 0.0600. The van der Waals surface area contributed by atoms with E-state index in [1.807, 2.05) is 12.1 Å². The van der Waals surface area contributed by atoms with E-state index in [1.165, 1.54) is 18.2 Å². The highest BCUT2D eigenvalue weighted by atomic mass is 16.5. The molecule has 0 atom stereocenters. The highest BCUT2D eigenvalue weighted by molar-refractivity contribution is 6.03. The standard InChI is InChI=1S/C23H21N3O3/c1-29-23(28)17-6-8-19(9-7-17)25-22(27)21-14-20(10-12-24-21)26-13-11-16-4-2-3-5-18(16)15-26/h2-10,12,14H,11,13,15H2,1H3,(H,25,27). The summed E-state index contributed by atoms with van der Waals surface area (Å²) in [5.41, 5.74) is 5.02. The molecule has 4 rings (SSSR count). The Hall–Kier alpha value is -3.67. The molecule has 0 aliphatic carbocycles. The molecule has 0 fully saturated rings. The summed E-state index contributed by atoms with van der Waals surface area (Å²) in [6.45, 7) is 1.72. The molecule has 1 aromatic heterocycles. The smallest absolute Gasteiger partial charge is 0.337 e. The molecule has 3 aromatic rings. The number of methoxy groups -OCH3 is 1. The highest BCUT2D eigenvalue weighted by Gasteiger charge is 2.18. The first-order chi connectivity index (χ1) is 14.1. The Bertz CT molecular complexity index is 1050. The molecule has 2 heterocycles. The van der Waals surface area contributed by atoms with Crippen molar-refractivity contribution < 1.29 is 14.3 Å². The minimum absolute atomic E-state index is 0.296. The van der Waals surface area contributed by atoms with Crippen LogP contribution in [0.5, 0.6) is 0 Å². The molecule has 29 heavy (non-hydrogen) atoms. The van der Waals surface area contributed by atoms with Crippen LogP contribution in [0.15, 0.2) is 66.9 Å². The van der Waals surface area contributed by atoms with E-state index in [-0.39, 0.29) is 5.91 Å². The number of aromatic nitrogens is 1. The molecule has 0 unspecified atom stereocenters. The molecule has 1 aliphatic heterocycles. The summed E-state index contributed by atoms with van der Waals surface area (Å²) < 4.78 is 4.68. The zero-order valence-corrected chi connectivity index (χ0v) is 16.1. The van der Waals surface area contributed by atoms with Crippen molar-refractivity contribution in [3.63, 3.8) is 0 Å². The molecule has 1 aliphatic rings. The molecule has 6 heteroatoms. The Labute approximate surface area is 169 Å². The predicted octanol–water partition coefficient (Wildman–Crippen LogP) is 3.68. The second-order valence-corrected chi connectivity index (χ2v) is 6.86. The maximum absolute atomic E-state index is 12.6. The zero-order chi connectivity index (χ0) is 20.2. The average Bonchev–Trinajstić information content (AvgIpc) is 2.78. The van der Waals surface area contributed by atoms with Crippen LogP contribution in [-0.2, 0) is 17.7 Å². The minimum Gasteiger partial charge on any atom is -0.465 e. The molecule has 6 nitrogen and oxygen atoms in total. The molecular formula is C23H21N3O3. The topological polar surface area (TPSA) is 71.5 Å². The molecule has 0 spiro atoms. The maximum atomic E-state index is 12.6. The molecule has 146 valence electrons. The number of hydrogen-bond acceptors (Lipinski definition) is 5. The van der Waals surface area contributed by atoms with E-state index in [2.05, 4.69) is 44.2 Å². The molecule has 1 amide bonds. The fourth-order valence-electron chi connectivity index (χ4n) is 3.46. The van der Waals surface area contributed by atoms with Gasteiger partial charge in [-0.05, 0) is 53.9 Å². The number of fused-ring (bicyclic) bond motifs is 1. The Morgan fingerprint density at radius 3 is 2.55 bits per heavy atom. The molecular weight excluding hydrogens is 366 g/mol. The van der Waals surface area contributed by atoms with Gasteiger partial charge in [0.05, 0.1) is 12.7 Å². The molecule has 1 N–H and O–H groups in total. The van der Waals surface area contributed by atoms with Crippen molar-refractivity contribution in [1.82, 2.24) is 4.98 Å². The number of carbonyl (C=O) groups excluding carboxylic acids is 2. The van der Waals surface area contributed by atoms with Crippen molar-refractivity contribution >= 4 is 23.3 Å². The van der Waals surface area contributed by atoms with E-state index in [1.54, 1.807) is 30.5 Å². The van der Waals surface area contributed by atoms with Gasteiger partial charge in [0.25, 0.3) is 5.91 Å². The second-order valence-electron chi connectivity index (χ2n) is 6.86. The van der Waals surface area contributed by atoms with Crippen LogP contribution in [0.1, 0.15) is 32.0 Å². The van der Waals surface area contributed by atoms with Gasteiger partial charge in [0.2, 0.25) is 0 Å². The first kappa shape index (κ1) is 18.7. The first-order valence-corrected chi connectivity index (χ1v) is 9.41. The largest absolute Gasteiger partial charge is 0.465 e. The first-order valence-electron chi connectivity index (χ1n) is 9.41. The van der Waals surface area contributed by atoms with Crippen molar-refractivity contribution in [2.24, 2.45) is 0 Å². The summed E-state index contributed by atoms with van der Waals surface area (Å²) in [6.07, 6.45) is 2.64. The third kappa shape index (κ3) is 4.11. The van der Waals surface area contributed by atoms with Crippen LogP contribution in [0.25, 0.3) is 0 Å². The number of nitrogens with zero attached hydrogens (tertiary/aromatic N) is 2. The van der Waals surface area contributed by atoms with Crippen molar-refractivity contribution in [3.05, 3.63) is 89.2 Å². The fraction of sp³-hybridized carbons (Fsp3) is 0.174. The lowest BCUT2D eigenvalue weighted by Crippen LogP contribution is -2.30. The van der Waals surface area contributed by atoms with Crippen molar-refractivity contribution in [1.29, 1.82) is 0 Å². The van der Waals surface area contributed by atoms with Gasteiger partial charge in [-0.1, -0.05) is 24.3 Å². The summed E-state index contributed by atoms with van der Waals surface area (Å²) in [7, 11) is 1.33. The molecule has 0 saturated heterocycles. The van der Waals surface area contributed by atoms with E-state index >= 15 is 0 Å². The molecule has 2 aromatic carbocycles. The van der Waals surface area contributed by atoms with Crippen LogP contribution in [0.4, 0.5) is 11.4 Å². The number of nitrogens with one attached hydrogen (secondary N) is 1. The lowest BCUT2D eigenvalue weighted by atomic mass is 9.99. The van der Waals surface area contributed by atoms with Crippen molar-refractivity contribution in [2.75, 3.05) is 23.9 Å². The van der Waals surface area contributed by atoms with Crippen LogP contribution in [0.2, 0.25) is 0 Å². The maximum Gasteiger partial charge on any atom is 0.337 e. The van der Waals surface area contributed by atoms with Gasteiger partial charge in [-0.25, -0.2) is 4.79 Å². The lowest BCUT2D eigenvalue weighted by Gasteiger charge is -2.30. The number of amides is 1. The van der Waals surface area contributed by atoms with Gasteiger partial charge in [0.15, 0.2) is 0 Å². The highest BCUT2D eigenvalue weighted by Crippen LogP contribution is 2.24. The Morgan fingerprint density at radius 1 is 1.03 bits per heavy atom. The van der Waals surface area contributed by atoms with Crippen molar-refractivity contribution in [3.8, 4) is 0 Å². The number of benzene rings is 2. The summed E-state index contributed by atoms with van der Waals surface area (Å²) in [6, 6.07) is 18.7. The van der Waals surface area contributed by atoms with Gasteiger partial charge >= 0.3 is 5.97 Å². The van der Waals surface area contributed by atoms with E-state index in [0.717, 1.165) is 25.2 Å². The van der Waals surface area contributed by atoms with Gasteiger partial charge in [-0.2, -0.15) is 0 Å². The summed E-state index contributed by atoms with van der Waals surface area (Å²) in [4.78, 5) is 30.6. The SMILES string of the molecule is COC(=O)c1ccc(NC(=O)c2cc(N3CCc4ccccc4C3)ccn2)cc1. The fourth-order valence-corrected chi connectivity index (χ4v) is 3.46. The van der Waals surface area contributed by atoms with Crippen LogP contribution in [0.3, 0.4) is 0 Å². The van der Waals surface area contributed by atoms with Crippen LogP contribution in [-0.4, -0.2) is 30.5 Å². The monoisotopic (exact) mass is 387 g/mol. The van der Waals surface area contributed by atoms with E-state index in [9.17, 15) is 9.59 Å². The number of hydrogen-bond donors (Lipinski definition) is 1. The van der Waals surface area contributed by atoms with Gasteiger partial charge in [-0.3, -0.25) is 9.78 Å². The average molecular weight is 387 g/mol. The van der Waals surface area contributed by atoms with E-state index in [4.69, 9.17) is 0 Å². The molecule has 0 bridgehead atoms. The molecule has 0 saturated carbocycles. The Kier molecular flexibility index (Phi) is 5.24. The quantitative estimate of drug-likeness (QED) is 0.692. The number of esters is 1. The zero-order valence-electron chi connectivity index (χ0n) is 16.1. The van der Waals surface area contributed by atoms with E-state index in [0.29, 0.717) is 16.9 Å². The predicted molar refractivity (Wildman–Crippen MR) is 111 cm³/mol. The number of carbonyl (C=O) groups is 2. The Morgan fingerprint density at radius 2 is 1.79 bits per heavy atom. The Balaban J connectivity index is 1.47. The van der Waals surface area contributed by atoms with E-state index < -0.39 is 5.97 Å². The molecule has 0 radical (unpaired) electrons. The second kappa shape index (κ2) is 8.14. The number of pyridine rings is 1. The number of anilines is 2. The summed E-state index contributed by atoms with van der Waals surface area (Å²) in [5, 5.41) is 2.82.